The predicted octanol–water partition coefficient (Wildman–Crippen LogP) is 0.0499. The first-order chi connectivity index (χ1) is 9.65. The van der Waals surface area contributed by atoms with Crippen LogP contribution in [0.3, 0.4) is 0 Å². The van der Waals surface area contributed by atoms with E-state index in [1.807, 2.05) is 24.4 Å². The summed E-state index contributed by atoms with van der Waals surface area (Å²) >= 11 is 0. The van der Waals surface area contributed by atoms with Crippen molar-refractivity contribution in [1.82, 2.24) is 14.7 Å². The third kappa shape index (κ3) is 2.31. The number of aromatic nitrogens is 2. The van der Waals surface area contributed by atoms with Gasteiger partial charge in [-0.2, -0.15) is 5.10 Å². The second-order valence-corrected chi connectivity index (χ2v) is 4.84. The standard InChI is InChI=1S/C14H15N3O3/c18-12-8-16(9-13(12)19)14(20)10-2-4-11(5-3-10)17-7-1-6-15-17/h1-7,12-13,18-19H,8-9H2. The molecule has 6 nitrogen and oxygen atoms in total. The first kappa shape index (κ1) is 12.8. The van der Waals surface area contributed by atoms with E-state index in [0.717, 1.165) is 5.69 Å². The Morgan fingerprint density at radius 2 is 1.80 bits per heavy atom. The van der Waals surface area contributed by atoms with E-state index in [2.05, 4.69) is 5.10 Å². The summed E-state index contributed by atoms with van der Waals surface area (Å²) in [6.07, 6.45) is 1.79. The lowest BCUT2D eigenvalue weighted by molar-refractivity contribution is 0.0572. The highest BCUT2D eigenvalue weighted by Crippen LogP contribution is 2.15. The average molecular weight is 273 g/mol. The monoisotopic (exact) mass is 273 g/mol. The molecule has 0 radical (unpaired) electrons. The molecule has 1 aliphatic rings. The Kier molecular flexibility index (Phi) is 3.25. The molecule has 2 N–H and O–H groups in total. The molecule has 1 saturated heterocycles. The molecule has 0 bridgehead atoms. The molecule has 1 aliphatic heterocycles. The summed E-state index contributed by atoms with van der Waals surface area (Å²) in [5, 5.41) is 23.1. The quantitative estimate of drug-likeness (QED) is 0.810. The van der Waals surface area contributed by atoms with Crippen molar-refractivity contribution in [3.05, 3.63) is 48.3 Å². The number of amides is 1. The summed E-state index contributed by atoms with van der Waals surface area (Å²) in [5.41, 5.74) is 1.40. The molecule has 2 aromatic rings. The summed E-state index contributed by atoms with van der Waals surface area (Å²) in [4.78, 5) is 13.7. The molecule has 0 spiro atoms. The second kappa shape index (κ2) is 5.07. The lowest BCUT2D eigenvalue weighted by Gasteiger charge is -2.15. The Balaban J connectivity index is 1.76. The molecule has 1 aromatic carbocycles. The SMILES string of the molecule is O=C(c1ccc(-n2cccn2)cc1)N1CC(O)C(O)C1. The van der Waals surface area contributed by atoms with Crippen molar-refractivity contribution >= 4 is 5.91 Å². The molecular weight excluding hydrogens is 258 g/mol. The van der Waals surface area contributed by atoms with Crippen LogP contribution in [0.4, 0.5) is 0 Å². The highest BCUT2D eigenvalue weighted by atomic mass is 16.3. The van der Waals surface area contributed by atoms with Crippen molar-refractivity contribution in [3.63, 3.8) is 0 Å². The summed E-state index contributed by atoms with van der Waals surface area (Å²) in [6, 6.07) is 8.88. The summed E-state index contributed by atoms with van der Waals surface area (Å²) in [6.45, 7) is 0.335. The van der Waals surface area contributed by atoms with E-state index in [0.29, 0.717) is 5.56 Å². The fraction of sp³-hybridized carbons (Fsp3) is 0.286. The van der Waals surface area contributed by atoms with Crippen LogP contribution in [-0.4, -0.2) is 56.1 Å². The van der Waals surface area contributed by atoms with E-state index in [1.54, 1.807) is 23.0 Å². The number of hydrogen-bond acceptors (Lipinski definition) is 4. The number of carbonyl (C=O) groups excluding carboxylic acids is 1. The predicted molar refractivity (Wildman–Crippen MR) is 71.5 cm³/mol. The van der Waals surface area contributed by atoms with Gasteiger partial charge in [0.2, 0.25) is 0 Å². The zero-order valence-corrected chi connectivity index (χ0v) is 10.8. The van der Waals surface area contributed by atoms with Crippen LogP contribution in [0, 0.1) is 0 Å². The van der Waals surface area contributed by atoms with Crippen molar-refractivity contribution in [2.24, 2.45) is 0 Å². The van der Waals surface area contributed by atoms with Crippen LogP contribution in [-0.2, 0) is 0 Å². The lowest BCUT2D eigenvalue weighted by Crippen LogP contribution is -2.29. The van der Waals surface area contributed by atoms with Crippen molar-refractivity contribution in [2.45, 2.75) is 12.2 Å². The normalized spacial score (nSPS) is 22.2. The largest absolute Gasteiger partial charge is 0.388 e. The van der Waals surface area contributed by atoms with Crippen LogP contribution in [0.5, 0.6) is 0 Å². The third-order valence-electron chi connectivity index (χ3n) is 3.43. The highest BCUT2D eigenvalue weighted by molar-refractivity contribution is 5.94. The molecule has 2 unspecified atom stereocenters. The van der Waals surface area contributed by atoms with Gasteiger partial charge in [0.25, 0.3) is 5.91 Å². The molecule has 1 fully saturated rings. The maximum absolute atomic E-state index is 12.2. The van der Waals surface area contributed by atoms with Gasteiger partial charge in [0.05, 0.1) is 17.9 Å². The summed E-state index contributed by atoms with van der Waals surface area (Å²) in [7, 11) is 0. The maximum Gasteiger partial charge on any atom is 0.254 e. The Morgan fingerprint density at radius 1 is 1.15 bits per heavy atom. The van der Waals surface area contributed by atoms with E-state index in [1.165, 1.54) is 4.90 Å². The van der Waals surface area contributed by atoms with Crippen LogP contribution < -0.4 is 0 Å². The van der Waals surface area contributed by atoms with Gasteiger partial charge >= 0.3 is 0 Å². The molecule has 2 heterocycles. The average Bonchev–Trinajstić information content (AvgIpc) is 3.09. The highest BCUT2D eigenvalue weighted by Gasteiger charge is 2.32. The fourth-order valence-electron chi connectivity index (χ4n) is 2.30. The van der Waals surface area contributed by atoms with Gasteiger partial charge in [-0.25, -0.2) is 4.68 Å². The molecule has 6 heteroatoms. The van der Waals surface area contributed by atoms with Crippen LogP contribution in [0.15, 0.2) is 42.7 Å². The van der Waals surface area contributed by atoms with E-state index in [9.17, 15) is 15.0 Å². The Hall–Kier alpha value is -2.18. The zero-order valence-electron chi connectivity index (χ0n) is 10.8. The molecule has 2 atom stereocenters. The Morgan fingerprint density at radius 3 is 2.35 bits per heavy atom. The molecule has 1 aromatic heterocycles. The molecule has 104 valence electrons. The number of benzene rings is 1. The van der Waals surface area contributed by atoms with E-state index >= 15 is 0 Å². The first-order valence-electron chi connectivity index (χ1n) is 6.40. The number of hydrogen-bond donors (Lipinski definition) is 2. The minimum absolute atomic E-state index is 0.168. The van der Waals surface area contributed by atoms with Gasteiger partial charge in [0, 0.05) is 31.0 Å². The molecule has 0 saturated carbocycles. The van der Waals surface area contributed by atoms with Crippen LogP contribution in [0.25, 0.3) is 5.69 Å². The van der Waals surface area contributed by atoms with Crippen LogP contribution in [0.1, 0.15) is 10.4 Å². The number of likely N-dealkylation sites (tertiary alicyclic amines) is 1. The van der Waals surface area contributed by atoms with Gasteiger partial charge < -0.3 is 15.1 Å². The Labute approximate surface area is 115 Å². The van der Waals surface area contributed by atoms with Crippen LogP contribution >= 0.6 is 0 Å². The summed E-state index contributed by atoms with van der Waals surface area (Å²) < 4.78 is 1.71. The van der Waals surface area contributed by atoms with Crippen molar-refractivity contribution in [2.75, 3.05) is 13.1 Å². The summed E-state index contributed by atoms with van der Waals surface area (Å²) in [5.74, 6) is -0.187. The van der Waals surface area contributed by atoms with Gasteiger partial charge in [-0.05, 0) is 30.3 Å². The lowest BCUT2D eigenvalue weighted by atomic mass is 10.2. The zero-order chi connectivity index (χ0) is 14.1. The fourth-order valence-corrected chi connectivity index (χ4v) is 2.30. The van der Waals surface area contributed by atoms with Crippen molar-refractivity contribution in [1.29, 1.82) is 0 Å². The van der Waals surface area contributed by atoms with Gasteiger partial charge in [0.15, 0.2) is 0 Å². The van der Waals surface area contributed by atoms with Gasteiger partial charge in [-0.3, -0.25) is 4.79 Å². The van der Waals surface area contributed by atoms with E-state index in [4.69, 9.17) is 0 Å². The first-order valence-corrected chi connectivity index (χ1v) is 6.40. The third-order valence-corrected chi connectivity index (χ3v) is 3.43. The van der Waals surface area contributed by atoms with Crippen molar-refractivity contribution < 1.29 is 15.0 Å². The smallest absolute Gasteiger partial charge is 0.254 e. The topological polar surface area (TPSA) is 78.6 Å². The minimum Gasteiger partial charge on any atom is -0.388 e. The van der Waals surface area contributed by atoms with Gasteiger partial charge in [-0.1, -0.05) is 0 Å². The van der Waals surface area contributed by atoms with Crippen LogP contribution in [0.2, 0.25) is 0 Å². The molecule has 20 heavy (non-hydrogen) atoms. The number of nitrogens with zero attached hydrogens (tertiary/aromatic N) is 3. The van der Waals surface area contributed by atoms with Crippen molar-refractivity contribution in [3.8, 4) is 5.69 Å². The van der Waals surface area contributed by atoms with E-state index < -0.39 is 12.2 Å². The number of β-amino-alcohol motifs (C(OH)–C–C–N with tert-alkyl or cyclic N) is 2. The number of aliphatic hydroxyl groups is 2. The molecule has 0 aliphatic carbocycles. The molecule has 3 rings (SSSR count). The number of carbonyl (C=O) groups is 1. The molecular formula is C14H15N3O3. The minimum atomic E-state index is -0.859. The second-order valence-electron chi connectivity index (χ2n) is 4.84. The van der Waals surface area contributed by atoms with E-state index in [-0.39, 0.29) is 19.0 Å². The number of rotatable bonds is 2. The van der Waals surface area contributed by atoms with Gasteiger partial charge in [0.1, 0.15) is 0 Å². The molecule has 1 amide bonds. The Bertz CT molecular complexity index is 585. The van der Waals surface area contributed by atoms with Gasteiger partial charge in [-0.15, -0.1) is 0 Å². The maximum atomic E-state index is 12.2. The number of aliphatic hydroxyl groups excluding tert-OH is 2.